The highest BCUT2D eigenvalue weighted by molar-refractivity contribution is 7.89. The summed E-state index contributed by atoms with van der Waals surface area (Å²) in [5.41, 5.74) is 2.53. The van der Waals surface area contributed by atoms with Gasteiger partial charge in [0, 0.05) is 29.2 Å². The molecule has 0 saturated carbocycles. The number of H-pyrrole nitrogens is 1. The first-order valence-electron chi connectivity index (χ1n) is 9.30. The van der Waals surface area contributed by atoms with Gasteiger partial charge in [0.1, 0.15) is 6.33 Å². The number of imidazole rings is 1. The Morgan fingerprint density at radius 2 is 2.10 bits per heavy atom. The van der Waals surface area contributed by atoms with E-state index in [0.717, 1.165) is 26.7 Å². The molecule has 29 heavy (non-hydrogen) atoms. The van der Waals surface area contributed by atoms with Gasteiger partial charge in [0.15, 0.2) is 22.8 Å². The van der Waals surface area contributed by atoms with Gasteiger partial charge < -0.3 is 14.6 Å². The summed E-state index contributed by atoms with van der Waals surface area (Å²) in [5, 5.41) is 0.971. The first-order chi connectivity index (χ1) is 13.9. The number of hydrogen-bond donors (Lipinski definition) is 1. The van der Waals surface area contributed by atoms with E-state index in [1.807, 2.05) is 37.4 Å². The molecule has 1 saturated heterocycles. The Labute approximate surface area is 167 Å². The second-order valence-electron chi connectivity index (χ2n) is 7.21. The number of morpholine rings is 1. The minimum atomic E-state index is -3.56. The zero-order valence-corrected chi connectivity index (χ0v) is 16.8. The number of anilines is 1. The van der Waals surface area contributed by atoms with Crippen molar-refractivity contribution >= 4 is 37.9 Å². The lowest BCUT2D eigenvalue weighted by Crippen LogP contribution is -2.44. The minimum absolute atomic E-state index is 0.0844. The third kappa shape index (κ3) is 2.95. The number of aromatic amines is 1. The molecule has 4 aromatic rings. The number of nitrogens with zero attached hydrogens (tertiary/aromatic N) is 5. The number of benzene rings is 1. The third-order valence-corrected chi connectivity index (χ3v) is 6.16. The largest absolute Gasteiger partial charge is 0.377 e. The Hall–Kier alpha value is -2.98. The number of hydrogen-bond acceptors (Lipinski definition) is 7. The molecule has 150 valence electrons. The SMILES string of the molecule is C[C@@H]1COCCN1c1nc(-c2cccc3[nH]ccc23)nc2c1ncn2S(C)(=O)=O. The standard InChI is InChI=1S/C19H20N6O3S/c1-12-10-28-9-8-24(12)18-16-19(25(11-21-16)29(2,26)27)23-17(22-18)14-4-3-5-15-13(14)6-7-20-15/h3-7,11-12,20H,8-10H2,1-2H3/t12-/m1/s1. The molecule has 1 N–H and O–H groups in total. The number of aromatic nitrogens is 5. The first kappa shape index (κ1) is 18.1. The smallest absolute Gasteiger partial charge is 0.238 e. The van der Waals surface area contributed by atoms with Gasteiger partial charge >= 0.3 is 0 Å². The van der Waals surface area contributed by atoms with Crippen molar-refractivity contribution in [2.75, 3.05) is 30.9 Å². The maximum atomic E-state index is 12.3. The van der Waals surface area contributed by atoms with Gasteiger partial charge in [0.05, 0.1) is 25.5 Å². The van der Waals surface area contributed by atoms with Crippen LogP contribution in [0.4, 0.5) is 5.82 Å². The van der Waals surface area contributed by atoms with E-state index in [-0.39, 0.29) is 11.7 Å². The second kappa shape index (κ2) is 6.53. The van der Waals surface area contributed by atoms with Crippen LogP contribution in [-0.2, 0) is 14.8 Å². The van der Waals surface area contributed by atoms with Crippen LogP contribution in [0.3, 0.4) is 0 Å². The predicted molar refractivity (Wildman–Crippen MR) is 110 cm³/mol. The fourth-order valence-electron chi connectivity index (χ4n) is 3.75. The molecule has 1 atom stereocenters. The van der Waals surface area contributed by atoms with E-state index in [2.05, 4.69) is 19.9 Å². The van der Waals surface area contributed by atoms with Crippen LogP contribution in [0.15, 0.2) is 36.8 Å². The number of ether oxygens (including phenoxy) is 1. The summed E-state index contributed by atoms with van der Waals surface area (Å²) >= 11 is 0. The Morgan fingerprint density at radius 3 is 2.90 bits per heavy atom. The van der Waals surface area contributed by atoms with Crippen molar-refractivity contribution in [2.45, 2.75) is 13.0 Å². The fraction of sp³-hybridized carbons (Fsp3) is 0.316. The summed E-state index contributed by atoms with van der Waals surface area (Å²) in [5.74, 6) is 1.08. The average Bonchev–Trinajstić information content (AvgIpc) is 3.34. The molecule has 1 fully saturated rings. The molecule has 0 aliphatic carbocycles. The van der Waals surface area contributed by atoms with Gasteiger partial charge in [0.2, 0.25) is 10.0 Å². The van der Waals surface area contributed by atoms with Gasteiger partial charge in [-0.1, -0.05) is 12.1 Å². The van der Waals surface area contributed by atoms with Gasteiger partial charge in [0.25, 0.3) is 0 Å². The van der Waals surface area contributed by atoms with E-state index >= 15 is 0 Å². The lowest BCUT2D eigenvalue weighted by Gasteiger charge is -2.34. The van der Waals surface area contributed by atoms with Crippen LogP contribution < -0.4 is 4.90 Å². The summed E-state index contributed by atoms with van der Waals surface area (Å²) in [6.45, 7) is 3.84. The molecular formula is C19H20N6O3S. The van der Waals surface area contributed by atoms with Crippen molar-refractivity contribution in [3.8, 4) is 11.4 Å². The molecule has 0 spiro atoms. The summed E-state index contributed by atoms with van der Waals surface area (Å²) in [7, 11) is -3.56. The molecule has 0 bridgehead atoms. The summed E-state index contributed by atoms with van der Waals surface area (Å²) in [6.07, 6.45) is 4.29. The number of rotatable bonds is 3. The monoisotopic (exact) mass is 412 g/mol. The van der Waals surface area contributed by atoms with E-state index < -0.39 is 10.0 Å². The van der Waals surface area contributed by atoms with Crippen molar-refractivity contribution in [3.05, 3.63) is 36.8 Å². The van der Waals surface area contributed by atoms with Crippen LogP contribution in [0.2, 0.25) is 0 Å². The molecule has 10 heteroatoms. The Balaban J connectivity index is 1.82. The van der Waals surface area contributed by atoms with Crippen LogP contribution >= 0.6 is 0 Å². The first-order valence-corrected chi connectivity index (χ1v) is 11.1. The van der Waals surface area contributed by atoms with Crippen molar-refractivity contribution in [3.63, 3.8) is 0 Å². The lowest BCUT2D eigenvalue weighted by molar-refractivity contribution is 0.0987. The highest BCUT2D eigenvalue weighted by Crippen LogP contribution is 2.32. The normalized spacial score (nSPS) is 18.0. The molecule has 4 heterocycles. The molecule has 9 nitrogen and oxygen atoms in total. The van der Waals surface area contributed by atoms with Crippen molar-refractivity contribution in [1.29, 1.82) is 0 Å². The van der Waals surface area contributed by atoms with E-state index in [0.29, 0.717) is 36.9 Å². The van der Waals surface area contributed by atoms with E-state index in [1.165, 1.54) is 6.33 Å². The van der Waals surface area contributed by atoms with Crippen LogP contribution in [0.1, 0.15) is 6.92 Å². The van der Waals surface area contributed by atoms with Gasteiger partial charge in [-0.2, -0.15) is 0 Å². The maximum Gasteiger partial charge on any atom is 0.238 e. The molecule has 1 aromatic carbocycles. The molecule has 3 aromatic heterocycles. The topological polar surface area (TPSA) is 106 Å². The van der Waals surface area contributed by atoms with Crippen molar-refractivity contribution in [1.82, 2.24) is 23.9 Å². The maximum absolute atomic E-state index is 12.3. The molecule has 0 unspecified atom stereocenters. The summed E-state index contributed by atoms with van der Waals surface area (Å²) in [6, 6.07) is 7.88. The van der Waals surface area contributed by atoms with Crippen LogP contribution in [-0.4, -0.2) is 64.4 Å². The molecule has 0 radical (unpaired) electrons. The number of fused-ring (bicyclic) bond motifs is 2. The highest BCUT2D eigenvalue weighted by atomic mass is 32.2. The van der Waals surface area contributed by atoms with Gasteiger partial charge in [-0.05, 0) is 19.1 Å². The highest BCUT2D eigenvalue weighted by Gasteiger charge is 2.27. The van der Waals surface area contributed by atoms with E-state index in [9.17, 15) is 8.42 Å². The number of nitrogens with one attached hydrogen (secondary N) is 1. The summed E-state index contributed by atoms with van der Waals surface area (Å²) < 4.78 is 31.3. The summed E-state index contributed by atoms with van der Waals surface area (Å²) in [4.78, 5) is 19.1. The third-order valence-electron chi connectivity index (χ3n) is 5.18. The van der Waals surface area contributed by atoms with Crippen LogP contribution in [0.5, 0.6) is 0 Å². The van der Waals surface area contributed by atoms with Gasteiger partial charge in [-0.25, -0.2) is 27.3 Å². The van der Waals surface area contributed by atoms with Crippen molar-refractivity contribution in [2.24, 2.45) is 0 Å². The van der Waals surface area contributed by atoms with Crippen molar-refractivity contribution < 1.29 is 13.2 Å². The van der Waals surface area contributed by atoms with E-state index in [4.69, 9.17) is 9.72 Å². The Kier molecular flexibility index (Phi) is 4.07. The minimum Gasteiger partial charge on any atom is -0.377 e. The Morgan fingerprint density at radius 1 is 1.24 bits per heavy atom. The van der Waals surface area contributed by atoms with Crippen LogP contribution in [0.25, 0.3) is 33.5 Å². The predicted octanol–water partition coefficient (Wildman–Crippen LogP) is 2.01. The molecule has 0 amide bonds. The fourth-order valence-corrected chi connectivity index (χ4v) is 4.41. The van der Waals surface area contributed by atoms with Crippen LogP contribution in [0, 0.1) is 0 Å². The molecule has 1 aliphatic heterocycles. The molecular weight excluding hydrogens is 392 g/mol. The average molecular weight is 412 g/mol. The van der Waals surface area contributed by atoms with Gasteiger partial charge in [-0.3, -0.25) is 0 Å². The zero-order chi connectivity index (χ0) is 20.2. The van der Waals surface area contributed by atoms with Gasteiger partial charge in [-0.15, -0.1) is 0 Å². The molecule has 1 aliphatic rings. The lowest BCUT2D eigenvalue weighted by atomic mass is 10.1. The quantitative estimate of drug-likeness (QED) is 0.549. The molecule has 5 rings (SSSR count). The second-order valence-corrected chi connectivity index (χ2v) is 9.07. The van der Waals surface area contributed by atoms with E-state index in [1.54, 1.807) is 0 Å². The zero-order valence-electron chi connectivity index (χ0n) is 16.0. The Bertz CT molecular complexity index is 1330.